The molecule has 2 amide bonds. The summed E-state index contributed by atoms with van der Waals surface area (Å²) in [5.41, 5.74) is 6.00. The summed E-state index contributed by atoms with van der Waals surface area (Å²) in [6.45, 7) is 0. The molecule has 2 aromatic carbocycles. The molecular formula is C14H11FN2O2. The van der Waals surface area contributed by atoms with E-state index in [0.717, 1.165) is 0 Å². The Morgan fingerprint density at radius 3 is 2.37 bits per heavy atom. The van der Waals surface area contributed by atoms with E-state index in [-0.39, 0.29) is 11.1 Å². The summed E-state index contributed by atoms with van der Waals surface area (Å²) in [6, 6.07) is 11.5. The Morgan fingerprint density at radius 1 is 1.00 bits per heavy atom. The Kier molecular flexibility index (Phi) is 3.56. The minimum Gasteiger partial charge on any atom is -0.366 e. The van der Waals surface area contributed by atoms with Gasteiger partial charge in [-0.1, -0.05) is 12.1 Å². The summed E-state index contributed by atoms with van der Waals surface area (Å²) in [4.78, 5) is 22.9. The monoisotopic (exact) mass is 258 g/mol. The second kappa shape index (κ2) is 5.30. The first kappa shape index (κ1) is 12.8. The van der Waals surface area contributed by atoms with Gasteiger partial charge in [0.1, 0.15) is 5.82 Å². The van der Waals surface area contributed by atoms with Gasteiger partial charge in [0.2, 0.25) is 5.91 Å². The van der Waals surface area contributed by atoms with Crippen LogP contribution >= 0.6 is 0 Å². The quantitative estimate of drug-likeness (QED) is 0.885. The van der Waals surface area contributed by atoms with Crippen molar-refractivity contribution in [3.63, 3.8) is 0 Å². The van der Waals surface area contributed by atoms with Gasteiger partial charge in [-0.05, 0) is 36.4 Å². The molecule has 96 valence electrons. The van der Waals surface area contributed by atoms with Gasteiger partial charge >= 0.3 is 0 Å². The molecule has 19 heavy (non-hydrogen) atoms. The third-order valence-electron chi connectivity index (χ3n) is 2.49. The van der Waals surface area contributed by atoms with Gasteiger partial charge in [0.05, 0.1) is 0 Å². The summed E-state index contributed by atoms with van der Waals surface area (Å²) in [5.74, 6) is -1.49. The largest absolute Gasteiger partial charge is 0.366 e. The molecule has 0 saturated heterocycles. The van der Waals surface area contributed by atoms with Crippen molar-refractivity contribution in [2.45, 2.75) is 0 Å². The second-order valence-electron chi connectivity index (χ2n) is 3.91. The minimum absolute atomic E-state index is 0.242. The van der Waals surface area contributed by atoms with E-state index in [4.69, 9.17) is 5.73 Å². The van der Waals surface area contributed by atoms with Crippen LogP contribution in [0.2, 0.25) is 0 Å². The minimum atomic E-state index is -0.611. The highest BCUT2D eigenvalue weighted by Gasteiger charge is 2.09. The van der Waals surface area contributed by atoms with Gasteiger partial charge in [0.25, 0.3) is 5.91 Å². The number of hydrogen-bond donors (Lipinski definition) is 2. The maximum Gasteiger partial charge on any atom is 0.255 e. The van der Waals surface area contributed by atoms with E-state index in [1.807, 2.05) is 0 Å². The number of primary amides is 1. The molecule has 0 radical (unpaired) electrons. The van der Waals surface area contributed by atoms with Crippen LogP contribution < -0.4 is 11.1 Å². The summed E-state index contributed by atoms with van der Waals surface area (Å²) < 4.78 is 13.0. The van der Waals surface area contributed by atoms with Crippen molar-refractivity contribution in [3.8, 4) is 0 Å². The van der Waals surface area contributed by atoms with Gasteiger partial charge in [-0.25, -0.2) is 4.39 Å². The molecule has 0 unspecified atom stereocenters. The molecular weight excluding hydrogens is 247 g/mol. The van der Waals surface area contributed by atoms with Gasteiger partial charge in [-0.2, -0.15) is 0 Å². The zero-order valence-corrected chi connectivity index (χ0v) is 9.89. The van der Waals surface area contributed by atoms with Gasteiger partial charge in [0, 0.05) is 16.8 Å². The van der Waals surface area contributed by atoms with Gasteiger partial charge in [-0.15, -0.1) is 0 Å². The Balaban J connectivity index is 2.20. The third-order valence-corrected chi connectivity index (χ3v) is 2.49. The molecule has 0 saturated carbocycles. The lowest BCUT2D eigenvalue weighted by Gasteiger charge is -2.06. The number of amides is 2. The zero-order valence-electron chi connectivity index (χ0n) is 9.89. The number of carbonyl (C=O) groups is 2. The van der Waals surface area contributed by atoms with Crippen LogP contribution in [-0.2, 0) is 0 Å². The number of anilines is 1. The lowest BCUT2D eigenvalue weighted by molar-refractivity contribution is 0.1000. The highest BCUT2D eigenvalue weighted by atomic mass is 19.1. The average Bonchev–Trinajstić information content (AvgIpc) is 2.39. The fraction of sp³-hybridized carbons (Fsp3) is 0. The lowest BCUT2D eigenvalue weighted by atomic mass is 10.1. The molecule has 5 heteroatoms. The second-order valence-corrected chi connectivity index (χ2v) is 3.91. The van der Waals surface area contributed by atoms with Crippen LogP contribution in [0.25, 0.3) is 0 Å². The Bertz CT molecular complexity index is 641. The van der Waals surface area contributed by atoms with Crippen LogP contribution in [0.3, 0.4) is 0 Å². The number of rotatable bonds is 3. The van der Waals surface area contributed by atoms with Crippen molar-refractivity contribution < 1.29 is 14.0 Å². The van der Waals surface area contributed by atoms with E-state index in [1.54, 1.807) is 18.2 Å². The Morgan fingerprint density at radius 2 is 1.68 bits per heavy atom. The van der Waals surface area contributed by atoms with Crippen molar-refractivity contribution in [3.05, 3.63) is 65.5 Å². The highest BCUT2D eigenvalue weighted by Crippen LogP contribution is 2.12. The Labute approximate surface area is 109 Å². The molecule has 0 aromatic heterocycles. The molecule has 0 atom stereocenters. The molecule has 3 N–H and O–H groups in total. The predicted molar refractivity (Wildman–Crippen MR) is 69.3 cm³/mol. The number of benzene rings is 2. The molecule has 2 rings (SSSR count). The first-order valence-electron chi connectivity index (χ1n) is 5.53. The molecule has 0 fully saturated rings. The van der Waals surface area contributed by atoms with Crippen molar-refractivity contribution in [1.29, 1.82) is 0 Å². The molecule has 0 aliphatic heterocycles. The first-order chi connectivity index (χ1) is 9.06. The zero-order chi connectivity index (χ0) is 13.8. The van der Waals surface area contributed by atoms with Crippen molar-refractivity contribution >= 4 is 17.5 Å². The first-order valence-corrected chi connectivity index (χ1v) is 5.53. The van der Waals surface area contributed by atoms with E-state index >= 15 is 0 Å². The number of carbonyl (C=O) groups excluding carboxylic acids is 2. The van der Waals surface area contributed by atoms with Crippen LogP contribution in [0.5, 0.6) is 0 Å². The number of nitrogens with two attached hydrogens (primary N) is 1. The van der Waals surface area contributed by atoms with Gasteiger partial charge in [0.15, 0.2) is 0 Å². The van der Waals surface area contributed by atoms with E-state index in [1.165, 1.54) is 30.3 Å². The van der Waals surface area contributed by atoms with Crippen molar-refractivity contribution in [2.24, 2.45) is 5.73 Å². The summed E-state index contributed by atoms with van der Waals surface area (Å²) in [5, 5.41) is 2.53. The maximum atomic E-state index is 13.0. The van der Waals surface area contributed by atoms with E-state index in [9.17, 15) is 14.0 Å². The standard InChI is InChI=1S/C14H11FN2O2/c15-11-5-2-6-12(8-11)17-14(19)10-4-1-3-9(7-10)13(16)18/h1-8H,(H2,16,18)(H,17,19). The van der Waals surface area contributed by atoms with Crippen molar-refractivity contribution in [2.75, 3.05) is 5.32 Å². The van der Waals surface area contributed by atoms with Gasteiger partial charge < -0.3 is 11.1 Å². The molecule has 4 nitrogen and oxygen atoms in total. The molecule has 0 aliphatic rings. The molecule has 0 spiro atoms. The third kappa shape index (κ3) is 3.16. The van der Waals surface area contributed by atoms with Crippen LogP contribution in [0.4, 0.5) is 10.1 Å². The molecule has 0 heterocycles. The van der Waals surface area contributed by atoms with E-state index in [0.29, 0.717) is 5.69 Å². The van der Waals surface area contributed by atoms with Crippen LogP contribution in [0.1, 0.15) is 20.7 Å². The predicted octanol–water partition coefficient (Wildman–Crippen LogP) is 2.18. The average molecular weight is 258 g/mol. The number of halogens is 1. The summed E-state index contributed by atoms with van der Waals surface area (Å²) in [6.07, 6.45) is 0. The highest BCUT2D eigenvalue weighted by molar-refractivity contribution is 6.05. The number of hydrogen-bond acceptors (Lipinski definition) is 2. The van der Waals surface area contributed by atoms with E-state index in [2.05, 4.69) is 5.32 Å². The molecule has 0 aliphatic carbocycles. The summed E-state index contributed by atoms with van der Waals surface area (Å²) in [7, 11) is 0. The van der Waals surface area contributed by atoms with E-state index < -0.39 is 17.6 Å². The van der Waals surface area contributed by atoms with Crippen LogP contribution in [0.15, 0.2) is 48.5 Å². The maximum absolute atomic E-state index is 13.0. The lowest BCUT2D eigenvalue weighted by Crippen LogP contribution is -2.15. The Hall–Kier alpha value is -2.69. The van der Waals surface area contributed by atoms with Crippen LogP contribution in [0, 0.1) is 5.82 Å². The smallest absolute Gasteiger partial charge is 0.255 e. The van der Waals surface area contributed by atoms with Crippen LogP contribution in [-0.4, -0.2) is 11.8 Å². The summed E-state index contributed by atoms with van der Waals surface area (Å²) >= 11 is 0. The topological polar surface area (TPSA) is 72.2 Å². The normalized spacial score (nSPS) is 9.95. The SMILES string of the molecule is NC(=O)c1cccc(C(=O)Nc2cccc(F)c2)c1. The van der Waals surface area contributed by atoms with Gasteiger partial charge in [-0.3, -0.25) is 9.59 Å². The fourth-order valence-electron chi connectivity index (χ4n) is 1.58. The fourth-order valence-corrected chi connectivity index (χ4v) is 1.58. The molecule has 0 bridgehead atoms. The van der Waals surface area contributed by atoms with Crippen molar-refractivity contribution in [1.82, 2.24) is 0 Å². The number of nitrogens with one attached hydrogen (secondary N) is 1. The molecule has 2 aromatic rings.